The lowest BCUT2D eigenvalue weighted by Gasteiger charge is -2.18. The van der Waals surface area contributed by atoms with E-state index in [9.17, 15) is 4.79 Å². The summed E-state index contributed by atoms with van der Waals surface area (Å²) >= 11 is 7.31. The van der Waals surface area contributed by atoms with Crippen LogP contribution in [0, 0.1) is 0 Å². The molecule has 130 valence electrons. The summed E-state index contributed by atoms with van der Waals surface area (Å²) in [5, 5.41) is 5.04. The number of fused-ring (bicyclic) bond motifs is 1. The molecule has 0 saturated carbocycles. The number of hydrazone groups is 1. The van der Waals surface area contributed by atoms with Gasteiger partial charge in [0.15, 0.2) is 0 Å². The molecule has 0 fully saturated rings. The number of ether oxygens (including phenoxy) is 1. The summed E-state index contributed by atoms with van der Waals surface area (Å²) in [6, 6.07) is 13.4. The maximum atomic E-state index is 12.1. The Kier molecular flexibility index (Phi) is 6.00. The van der Waals surface area contributed by atoms with Crippen molar-refractivity contribution in [2.45, 2.75) is 24.2 Å². The highest BCUT2D eigenvalue weighted by Crippen LogP contribution is 2.26. The van der Waals surface area contributed by atoms with Gasteiger partial charge in [0.2, 0.25) is 5.91 Å². The molecule has 2 aromatic carbocycles. The highest BCUT2D eigenvalue weighted by atomic mass is 35.5. The maximum absolute atomic E-state index is 12.1. The Balaban J connectivity index is 1.60. The van der Waals surface area contributed by atoms with Crippen LogP contribution in [0.5, 0.6) is 5.75 Å². The van der Waals surface area contributed by atoms with Crippen LogP contribution in [0.1, 0.15) is 24.0 Å². The molecule has 0 atom stereocenters. The van der Waals surface area contributed by atoms with E-state index in [-0.39, 0.29) is 5.91 Å². The van der Waals surface area contributed by atoms with Crippen LogP contribution >= 0.6 is 23.4 Å². The van der Waals surface area contributed by atoms with Gasteiger partial charge in [0.25, 0.3) is 0 Å². The lowest BCUT2D eigenvalue weighted by atomic mass is 9.90. The molecule has 0 bridgehead atoms. The van der Waals surface area contributed by atoms with Gasteiger partial charge in [-0.15, -0.1) is 11.8 Å². The molecule has 0 radical (unpaired) electrons. The first kappa shape index (κ1) is 17.8. The molecule has 0 aliphatic heterocycles. The third-order valence-corrected chi connectivity index (χ3v) is 5.25. The Morgan fingerprint density at radius 1 is 1.24 bits per heavy atom. The van der Waals surface area contributed by atoms with Crippen LogP contribution in [0.3, 0.4) is 0 Å². The third kappa shape index (κ3) is 4.77. The number of aryl methyl sites for hydroxylation is 1. The molecule has 1 aliphatic rings. The Labute approximate surface area is 156 Å². The summed E-state index contributed by atoms with van der Waals surface area (Å²) in [5.41, 5.74) is 5.91. The second kappa shape index (κ2) is 8.41. The molecular weight excluding hydrogens is 356 g/mol. The van der Waals surface area contributed by atoms with Crippen molar-refractivity contribution in [1.82, 2.24) is 5.43 Å². The minimum absolute atomic E-state index is 0.118. The van der Waals surface area contributed by atoms with Crippen LogP contribution in [0.2, 0.25) is 5.02 Å². The Morgan fingerprint density at radius 2 is 2.04 bits per heavy atom. The lowest BCUT2D eigenvalue weighted by Crippen LogP contribution is -2.23. The Morgan fingerprint density at radius 3 is 2.80 bits per heavy atom. The van der Waals surface area contributed by atoms with E-state index >= 15 is 0 Å². The molecule has 3 rings (SSSR count). The maximum Gasteiger partial charge on any atom is 0.250 e. The summed E-state index contributed by atoms with van der Waals surface area (Å²) in [6.45, 7) is 0. The molecule has 2 aromatic rings. The number of rotatable bonds is 5. The fourth-order valence-corrected chi connectivity index (χ4v) is 3.54. The number of thioether (sulfide) groups is 1. The molecule has 0 saturated heterocycles. The second-order valence-electron chi connectivity index (χ2n) is 5.71. The van der Waals surface area contributed by atoms with Crippen molar-refractivity contribution in [3.05, 3.63) is 58.6 Å². The predicted octanol–water partition coefficient (Wildman–Crippen LogP) is 4.30. The van der Waals surface area contributed by atoms with Crippen LogP contribution in [0.25, 0.3) is 0 Å². The SMILES string of the molecule is COc1ccc2c(c1)CCC/C2=N\NC(=O)CSc1ccc(Cl)cc1. The van der Waals surface area contributed by atoms with Gasteiger partial charge in [-0.1, -0.05) is 11.6 Å². The molecule has 4 nitrogen and oxygen atoms in total. The average molecular weight is 375 g/mol. The van der Waals surface area contributed by atoms with Crippen molar-refractivity contribution < 1.29 is 9.53 Å². The van der Waals surface area contributed by atoms with Gasteiger partial charge in [0.1, 0.15) is 5.75 Å². The minimum Gasteiger partial charge on any atom is -0.497 e. The van der Waals surface area contributed by atoms with Crippen molar-refractivity contribution in [3.63, 3.8) is 0 Å². The number of carbonyl (C=O) groups is 1. The number of amides is 1. The number of methoxy groups -OCH3 is 1. The van der Waals surface area contributed by atoms with E-state index in [0.29, 0.717) is 10.8 Å². The molecule has 25 heavy (non-hydrogen) atoms. The van der Waals surface area contributed by atoms with Crippen LogP contribution in [-0.4, -0.2) is 24.5 Å². The van der Waals surface area contributed by atoms with Gasteiger partial charge in [-0.05, 0) is 67.3 Å². The molecule has 0 unspecified atom stereocenters. The molecule has 1 N–H and O–H groups in total. The topological polar surface area (TPSA) is 50.7 Å². The van der Waals surface area contributed by atoms with Gasteiger partial charge in [0, 0.05) is 15.5 Å². The Hall–Kier alpha value is -1.98. The summed E-state index contributed by atoms with van der Waals surface area (Å²) < 4.78 is 5.27. The van der Waals surface area contributed by atoms with Crippen molar-refractivity contribution >= 4 is 35.0 Å². The van der Waals surface area contributed by atoms with Crippen LogP contribution in [0.15, 0.2) is 52.5 Å². The average Bonchev–Trinajstić information content (AvgIpc) is 2.65. The smallest absolute Gasteiger partial charge is 0.250 e. The van der Waals surface area contributed by atoms with Crippen LogP contribution < -0.4 is 10.2 Å². The number of nitrogens with zero attached hydrogens (tertiary/aromatic N) is 1. The minimum atomic E-state index is -0.118. The zero-order valence-corrected chi connectivity index (χ0v) is 15.5. The summed E-state index contributed by atoms with van der Waals surface area (Å²) in [5.74, 6) is 1.05. The molecule has 0 spiro atoms. The third-order valence-electron chi connectivity index (χ3n) is 3.98. The highest BCUT2D eigenvalue weighted by molar-refractivity contribution is 8.00. The standard InChI is InChI=1S/C19H19ClN2O2S/c1-24-15-7-10-17-13(11-15)3-2-4-18(17)21-22-19(23)12-25-16-8-5-14(20)6-9-16/h5-11H,2-4,12H2,1H3,(H,22,23)/b21-18+. The van der Waals surface area contributed by atoms with E-state index in [2.05, 4.69) is 10.5 Å². The molecule has 0 aromatic heterocycles. The van der Waals surface area contributed by atoms with Crippen molar-refractivity contribution in [2.24, 2.45) is 5.10 Å². The molecular formula is C19H19ClN2O2S. The van der Waals surface area contributed by atoms with E-state index < -0.39 is 0 Å². The van der Waals surface area contributed by atoms with E-state index in [4.69, 9.17) is 16.3 Å². The van der Waals surface area contributed by atoms with Crippen molar-refractivity contribution in [3.8, 4) is 5.75 Å². The normalized spacial score (nSPS) is 14.9. The van der Waals surface area contributed by atoms with Crippen LogP contribution in [-0.2, 0) is 11.2 Å². The number of benzene rings is 2. The zero-order chi connectivity index (χ0) is 17.6. The van der Waals surface area contributed by atoms with Gasteiger partial charge in [-0.25, -0.2) is 5.43 Å². The van der Waals surface area contributed by atoms with E-state index in [1.807, 2.05) is 42.5 Å². The number of nitrogens with one attached hydrogen (secondary N) is 1. The molecule has 1 amide bonds. The number of hydrogen-bond donors (Lipinski definition) is 1. The first-order valence-electron chi connectivity index (χ1n) is 8.07. The summed E-state index contributed by atoms with van der Waals surface area (Å²) in [6.07, 6.45) is 2.89. The summed E-state index contributed by atoms with van der Waals surface area (Å²) in [7, 11) is 1.66. The first-order chi connectivity index (χ1) is 12.2. The Bertz CT molecular complexity index is 791. The van der Waals surface area contributed by atoms with Crippen LogP contribution in [0.4, 0.5) is 0 Å². The number of halogens is 1. The molecule has 6 heteroatoms. The van der Waals surface area contributed by atoms with Gasteiger partial charge in [-0.3, -0.25) is 4.79 Å². The largest absolute Gasteiger partial charge is 0.497 e. The van der Waals surface area contributed by atoms with E-state index in [1.54, 1.807) is 7.11 Å². The fraction of sp³-hybridized carbons (Fsp3) is 0.263. The fourth-order valence-electron chi connectivity index (χ4n) is 2.72. The second-order valence-corrected chi connectivity index (χ2v) is 7.20. The zero-order valence-electron chi connectivity index (χ0n) is 13.9. The predicted molar refractivity (Wildman–Crippen MR) is 103 cm³/mol. The van der Waals surface area contributed by atoms with E-state index in [1.165, 1.54) is 17.3 Å². The van der Waals surface area contributed by atoms with E-state index in [0.717, 1.165) is 41.2 Å². The van der Waals surface area contributed by atoms with Gasteiger partial charge in [-0.2, -0.15) is 5.10 Å². The monoisotopic (exact) mass is 374 g/mol. The molecule has 1 aliphatic carbocycles. The van der Waals surface area contributed by atoms with Gasteiger partial charge >= 0.3 is 0 Å². The quantitative estimate of drug-likeness (QED) is 0.627. The first-order valence-corrected chi connectivity index (χ1v) is 9.43. The van der Waals surface area contributed by atoms with Gasteiger partial charge in [0.05, 0.1) is 18.6 Å². The molecule has 0 heterocycles. The summed E-state index contributed by atoms with van der Waals surface area (Å²) in [4.78, 5) is 13.1. The number of hydrogen-bond acceptors (Lipinski definition) is 4. The van der Waals surface area contributed by atoms with Gasteiger partial charge < -0.3 is 4.74 Å². The highest BCUT2D eigenvalue weighted by Gasteiger charge is 2.16. The van der Waals surface area contributed by atoms with Crippen molar-refractivity contribution in [1.29, 1.82) is 0 Å². The number of carbonyl (C=O) groups excluding carboxylic acids is 1. The van der Waals surface area contributed by atoms with Crippen molar-refractivity contribution in [2.75, 3.05) is 12.9 Å². The lowest BCUT2D eigenvalue weighted by molar-refractivity contribution is -0.118.